The zero-order chi connectivity index (χ0) is 9.26. The highest BCUT2D eigenvalue weighted by molar-refractivity contribution is 7.07. The summed E-state index contributed by atoms with van der Waals surface area (Å²) in [5.74, 6) is 0.922. The minimum absolute atomic E-state index is 0.291. The predicted molar refractivity (Wildman–Crippen MR) is 56.0 cm³/mol. The summed E-state index contributed by atoms with van der Waals surface area (Å²) in [6.45, 7) is 4.30. The van der Waals surface area contributed by atoms with Crippen LogP contribution in [0.2, 0.25) is 0 Å². The van der Waals surface area contributed by atoms with E-state index in [0.29, 0.717) is 18.4 Å². The van der Waals surface area contributed by atoms with Crippen LogP contribution in [0.1, 0.15) is 24.3 Å². The van der Waals surface area contributed by atoms with Crippen molar-refractivity contribution in [2.24, 2.45) is 5.92 Å². The van der Waals surface area contributed by atoms with Gasteiger partial charge in [0.2, 0.25) is 0 Å². The van der Waals surface area contributed by atoms with Gasteiger partial charge in [0.1, 0.15) is 0 Å². The van der Waals surface area contributed by atoms with E-state index >= 15 is 0 Å². The van der Waals surface area contributed by atoms with Gasteiger partial charge in [-0.2, -0.15) is 11.3 Å². The van der Waals surface area contributed by atoms with Gasteiger partial charge in [-0.15, -0.1) is 0 Å². The second kappa shape index (κ2) is 3.64. The van der Waals surface area contributed by atoms with Gasteiger partial charge in [-0.3, -0.25) is 0 Å². The molecule has 1 saturated carbocycles. The number of hydrogen-bond acceptors (Lipinski definition) is 2. The first-order chi connectivity index (χ1) is 6.31. The number of thiophene rings is 1. The van der Waals surface area contributed by atoms with Gasteiger partial charge in [0.05, 0.1) is 0 Å². The van der Waals surface area contributed by atoms with Crippen LogP contribution in [0.15, 0.2) is 29.0 Å². The van der Waals surface area contributed by atoms with Crippen molar-refractivity contribution in [1.82, 2.24) is 0 Å². The summed E-state index contributed by atoms with van der Waals surface area (Å²) < 4.78 is 0. The lowest BCUT2D eigenvalue weighted by atomic mass is 9.91. The van der Waals surface area contributed by atoms with Gasteiger partial charge in [0.15, 0.2) is 0 Å². The molecule has 1 fully saturated rings. The first-order valence-electron chi connectivity index (χ1n) is 4.61. The zero-order valence-corrected chi connectivity index (χ0v) is 8.39. The van der Waals surface area contributed by atoms with E-state index in [4.69, 9.17) is 0 Å². The van der Waals surface area contributed by atoms with E-state index in [2.05, 4.69) is 23.4 Å². The number of aliphatic hydroxyl groups is 1. The van der Waals surface area contributed by atoms with Crippen molar-refractivity contribution in [3.63, 3.8) is 0 Å². The van der Waals surface area contributed by atoms with Crippen LogP contribution >= 0.6 is 11.3 Å². The van der Waals surface area contributed by atoms with E-state index in [9.17, 15) is 5.11 Å². The number of rotatable bonds is 2. The summed E-state index contributed by atoms with van der Waals surface area (Å²) in [6.07, 6.45) is 2.05. The predicted octanol–water partition coefficient (Wildman–Crippen LogP) is 2.79. The fraction of sp³-hybridized carbons (Fsp3) is 0.455. The van der Waals surface area contributed by atoms with Crippen LogP contribution in [0.4, 0.5) is 0 Å². The zero-order valence-electron chi connectivity index (χ0n) is 7.57. The Kier molecular flexibility index (Phi) is 2.51. The molecule has 0 radical (unpaired) electrons. The van der Waals surface area contributed by atoms with Gasteiger partial charge in [0.25, 0.3) is 0 Å². The molecular formula is C11H14OS. The van der Waals surface area contributed by atoms with E-state index in [1.54, 1.807) is 11.3 Å². The van der Waals surface area contributed by atoms with Crippen LogP contribution in [0.3, 0.4) is 0 Å². The van der Waals surface area contributed by atoms with Crippen molar-refractivity contribution < 1.29 is 5.11 Å². The van der Waals surface area contributed by atoms with Crippen molar-refractivity contribution >= 4 is 11.3 Å². The Labute approximate surface area is 82.7 Å². The Morgan fingerprint density at radius 3 is 3.00 bits per heavy atom. The summed E-state index contributed by atoms with van der Waals surface area (Å²) >= 11 is 1.73. The topological polar surface area (TPSA) is 20.2 Å². The molecule has 1 aliphatic carbocycles. The third-order valence-corrected chi connectivity index (χ3v) is 3.54. The highest BCUT2D eigenvalue weighted by Gasteiger charge is 2.30. The third-order valence-electron chi connectivity index (χ3n) is 2.83. The molecule has 0 bridgehead atoms. The lowest BCUT2D eigenvalue weighted by molar-refractivity contribution is 0.219. The van der Waals surface area contributed by atoms with Gasteiger partial charge in [0, 0.05) is 6.61 Å². The lowest BCUT2D eigenvalue weighted by Crippen LogP contribution is -2.09. The van der Waals surface area contributed by atoms with E-state index in [1.165, 1.54) is 11.1 Å². The van der Waals surface area contributed by atoms with E-state index in [1.807, 2.05) is 0 Å². The van der Waals surface area contributed by atoms with Crippen LogP contribution in [0.5, 0.6) is 0 Å². The molecule has 2 heteroatoms. The largest absolute Gasteiger partial charge is 0.396 e. The average molecular weight is 194 g/mol. The van der Waals surface area contributed by atoms with Gasteiger partial charge in [-0.1, -0.05) is 12.2 Å². The molecule has 0 spiro atoms. The molecule has 2 rings (SSSR count). The second-order valence-electron chi connectivity index (χ2n) is 3.76. The van der Waals surface area contributed by atoms with E-state index in [-0.39, 0.29) is 0 Å². The minimum Gasteiger partial charge on any atom is -0.396 e. The SMILES string of the molecule is C=C1C[C@@H](CO)[C@H](c2ccsc2)C1. The normalized spacial score (nSPS) is 28.2. The third kappa shape index (κ3) is 1.69. The highest BCUT2D eigenvalue weighted by Crippen LogP contribution is 2.42. The minimum atomic E-state index is 0.291. The van der Waals surface area contributed by atoms with Gasteiger partial charge in [-0.25, -0.2) is 0 Å². The molecule has 0 amide bonds. The van der Waals surface area contributed by atoms with E-state index in [0.717, 1.165) is 12.8 Å². The number of allylic oxidation sites excluding steroid dienone is 1. The molecule has 0 aromatic carbocycles. The fourth-order valence-corrected chi connectivity index (χ4v) is 2.87. The van der Waals surface area contributed by atoms with Gasteiger partial charge >= 0.3 is 0 Å². The van der Waals surface area contributed by atoms with Crippen LogP contribution < -0.4 is 0 Å². The molecule has 0 saturated heterocycles. The Bertz CT molecular complexity index is 289. The smallest absolute Gasteiger partial charge is 0.0468 e. The summed E-state index contributed by atoms with van der Waals surface area (Å²) in [7, 11) is 0. The molecule has 1 aromatic heterocycles. The Morgan fingerprint density at radius 2 is 2.38 bits per heavy atom. The van der Waals surface area contributed by atoms with Gasteiger partial charge < -0.3 is 5.11 Å². The molecule has 1 aromatic rings. The molecule has 1 heterocycles. The van der Waals surface area contributed by atoms with Crippen molar-refractivity contribution in [3.8, 4) is 0 Å². The molecule has 1 aliphatic rings. The van der Waals surface area contributed by atoms with Crippen molar-refractivity contribution in [1.29, 1.82) is 0 Å². The molecule has 0 aliphatic heterocycles. The maximum atomic E-state index is 9.22. The quantitative estimate of drug-likeness (QED) is 0.718. The van der Waals surface area contributed by atoms with Crippen molar-refractivity contribution in [2.75, 3.05) is 6.61 Å². The molecule has 70 valence electrons. The molecular weight excluding hydrogens is 180 g/mol. The molecule has 13 heavy (non-hydrogen) atoms. The number of aliphatic hydroxyl groups excluding tert-OH is 1. The summed E-state index contributed by atoms with van der Waals surface area (Å²) in [5.41, 5.74) is 2.66. The maximum Gasteiger partial charge on any atom is 0.0468 e. The van der Waals surface area contributed by atoms with Crippen LogP contribution in [0.25, 0.3) is 0 Å². The fourth-order valence-electron chi connectivity index (χ4n) is 2.14. The summed E-state index contributed by atoms with van der Waals surface area (Å²) in [6, 6.07) is 2.16. The van der Waals surface area contributed by atoms with Crippen LogP contribution in [-0.2, 0) is 0 Å². The Hall–Kier alpha value is -0.600. The summed E-state index contributed by atoms with van der Waals surface area (Å²) in [5, 5.41) is 13.5. The Morgan fingerprint density at radius 1 is 1.54 bits per heavy atom. The molecule has 1 nitrogen and oxygen atoms in total. The van der Waals surface area contributed by atoms with Crippen LogP contribution in [-0.4, -0.2) is 11.7 Å². The molecule has 1 N–H and O–H groups in total. The molecule has 2 atom stereocenters. The summed E-state index contributed by atoms with van der Waals surface area (Å²) in [4.78, 5) is 0. The first-order valence-corrected chi connectivity index (χ1v) is 5.55. The van der Waals surface area contributed by atoms with Crippen molar-refractivity contribution in [3.05, 3.63) is 34.5 Å². The number of hydrogen-bond donors (Lipinski definition) is 1. The van der Waals surface area contributed by atoms with E-state index < -0.39 is 0 Å². The molecule has 0 unspecified atom stereocenters. The standard InChI is InChI=1S/C11H14OS/c1-8-4-10(6-12)11(5-8)9-2-3-13-7-9/h2-3,7,10-12H,1,4-6H2/t10-,11-/m0/s1. The first kappa shape index (κ1) is 8.97. The average Bonchev–Trinajstić information content (AvgIpc) is 2.71. The van der Waals surface area contributed by atoms with Crippen LogP contribution in [0, 0.1) is 5.92 Å². The lowest BCUT2D eigenvalue weighted by Gasteiger charge is -2.14. The highest BCUT2D eigenvalue weighted by atomic mass is 32.1. The second-order valence-corrected chi connectivity index (χ2v) is 4.54. The maximum absolute atomic E-state index is 9.22. The monoisotopic (exact) mass is 194 g/mol. The van der Waals surface area contributed by atoms with Gasteiger partial charge in [-0.05, 0) is 47.1 Å². The van der Waals surface area contributed by atoms with Crippen molar-refractivity contribution in [2.45, 2.75) is 18.8 Å². The Balaban J connectivity index is 2.19.